The van der Waals surface area contributed by atoms with Gasteiger partial charge in [0.05, 0.1) is 11.8 Å². The molecule has 2 aromatic rings. The van der Waals surface area contributed by atoms with Gasteiger partial charge >= 0.3 is 0 Å². The van der Waals surface area contributed by atoms with Gasteiger partial charge in [0, 0.05) is 50.0 Å². The summed E-state index contributed by atoms with van der Waals surface area (Å²) in [5.41, 5.74) is 2.71. The first kappa shape index (κ1) is 22.6. The molecule has 0 saturated carbocycles. The van der Waals surface area contributed by atoms with Crippen molar-refractivity contribution < 1.29 is 9.53 Å². The van der Waals surface area contributed by atoms with Gasteiger partial charge in [-0.15, -0.1) is 0 Å². The Morgan fingerprint density at radius 1 is 1.27 bits per heavy atom. The highest BCUT2D eigenvalue weighted by molar-refractivity contribution is 7.98. The third-order valence-electron chi connectivity index (χ3n) is 4.99. The van der Waals surface area contributed by atoms with Gasteiger partial charge in [-0.1, -0.05) is 44.7 Å². The number of hydrogen-bond donors (Lipinski definition) is 1. The van der Waals surface area contributed by atoms with Gasteiger partial charge in [-0.05, 0) is 30.5 Å². The van der Waals surface area contributed by atoms with Crippen molar-refractivity contribution >= 4 is 23.5 Å². The van der Waals surface area contributed by atoms with Crippen LogP contribution in [0.15, 0.2) is 35.5 Å². The lowest BCUT2D eigenvalue weighted by atomic mass is 9.92. The molecule has 3 rings (SSSR count). The maximum atomic E-state index is 12.5. The summed E-state index contributed by atoms with van der Waals surface area (Å²) in [6, 6.07) is 9.79. The second-order valence-corrected chi connectivity index (χ2v) is 9.81. The fraction of sp³-hybridized carbons (Fsp3) is 0.522. The van der Waals surface area contributed by atoms with Crippen molar-refractivity contribution in [2.45, 2.75) is 56.0 Å². The molecule has 162 valence electrons. The summed E-state index contributed by atoms with van der Waals surface area (Å²) >= 11 is 1.59. The van der Waals surface area contributed by atoms with E-state index in [9.17, 15) is 4.79 Å². The van der Waals surface area contributed by atoms with Gasteiger partial charge in [0.15, 0.2) is 5.16 Å². The number of aromatic nitrogens is 2. The summed E-state index contributed by atoms with van der Waals surface area (Å²) in [4.78, 5) is 23.9. The normalized spacial score (nSPS) is 16.5. The number of hydrogen-bond acceptors (Lipinski definition) is 6. The molecule has 1 atom stereocenters. The summed E-state index contributed by atoms with van der Waals surface area (Å²) in [5, 5.41) is 3.73. The van der Waals surface area contributed by atoms with Crippen LogP contribution in [0.3, 0.4) is 0 Å². The molecule has 1 aromatic carbocycles. The fourth-order valence-electron chi connectivity index (χ4n) is 3.15. The minimum Gasteiger partial charge on any atom is -0.376 e. The summed E-state index contributed by atoms with van der Waals surface area (Å²) in [5.74, 6) is 1.55. The second-order valence-electron chi connectivity index (χ2n) is 8.87. The van der Waals surface area contributed by atoms with Crippen LogP contribution in [0.2, 0.25) is 0 Å². The summed E-state index contributed by atoms with van der Waals surface area (Å²) in [6.45, 7) is 7.82. The Labute approximate surface area is 183 Å². The first-order chi connectivity index (χ1) is 14.2. The number of rotatable bonds is 7. The molecule has 30 heavy (non-hydrogen) atoms. The summed E-state index contributed by atoms with van der Waals surface area (Å²) in [6.07, 6.45) is 2.23. The van der Waals surface area contributed by atoms with Crippen molar-refractivity contribution in [2.24, 2.45) is 0 Å². The third-order valence-corrected chi connectivity index (χ3v) is 5.91. The Bertz CT molecular complexity index is 874. The predicted molar refractivity (Wildman–Crippen MR) is 122 cm³/mol. The van der Waals surface area contributed by atoms with E-state index in [2.05, 4.69) is 31.1 Å². The van der Waals surface area contributed by atoms with Crippen molar-refractivity contribution in [3.63, 3.8) is 0 Å². The van der Waals surface area contributed by atoms with Crippen molar-refractivity contribution in [3.8, 4) is 0 Å². The first-order valence-corrected chi connectivity index (χ1v) is 11.4. The number of thioether (sulfide) groups is 1. The van der Waals surface area contributed by atoms with Crippen LogP contribution >= 0.6 is 11.8 Å². The molecule has 1 aliphatic heterocycles. The quantitative estimate of drug-likeness (QED) is 0.530. The molecule has 1 fully saturated rings. The SMILES string of the molecule is CN(C)c1cc(C(C)(C)C)nc(SCc2cccc(C(=O)NC[C@@H]3CCCO3)c2)n1. The molecule has 0 spiro atoms. The van der Waals surface area contributed by atoms with Gasteiger partial charge in [0.25, 0.3) is 5.91 Å². The molecule has 0 aliphatic carbocycles. The molecular formula is C23H32N4O2S. The van der Waals surface area contributed by atoms with Crippen LogP contribution in [0, 0.1) is 0 Å². The molecule has 1 saturated heterocycles. The standard InChI is InChI=1S/C23H32N4O2S/c1-23(2,3)19-13-20(27(4)5)26-22(25-19)30-15-16-8-6-9-17(12-16)21(28)24-14-18-10-7-11-29-18/h6,8-9,12-13,18H,7,10-11,14-15H2,1-5H3,(H,24,28)/t18-/m0/s1. The van der Waals surface area contributed by atoms with Crippen LogP contribution in [0.25, 0.3) is 0 Å². The Balaban J connectivity index is 1.66. The van der Waals surface area contributed by atoms with Crippen molar-refractivity contribution in [1.82, 2.24) is 15.3 Å². The van der Waals surface area contributed by atoms with Crippen molar-refractivity contribution in [2.75, 3.05) is 32.1 Å². The third kappa shape index (κ3) is 6.19. The van der Waals surface area contributed by atoms with Gasteiger partial charge in [-0.2, -0.15) is 0 Å². The number of amides is 1. The number of benzene rings is 1. The number of anilines is 1. The number of carbonyl (C=O) groups excluding carboxylic acids is 1. The molecular weight excluding hydrogens is 396 g/mol. The topological polar surface area (TPSA) is 67.4 Å². The van der Waals surface area contributed by atoms with E-state index in [1.807, 2.05) is 49.3 Å². The van der Waals surface area contributed by atoms with E-state index in [1.165, 1.54) is 0 Å². The van der Waals surface area contributed by atoms with Crippen LogP contribution in [0.1, 0.15) is 55.2 Å². The van der Waals surface area contributed by atoms with Crippen molar-refractivity contribution in [3.05, 3.63) is 47.2 Å². The highest BCUT2D eigenvalue weighted by atomic mass is 32.2. The fourth-order valence-corrected chi connectivity index (χ4v) is 3.95. The largest absolute Gasteiger partial charge is 0.376 e. The van der Waals surface area contributed by atoms with Gasteiger partial charge < -0.3 is 15.0 Å². The van der Waals surface area contributed by atoms with Gasteiger partial charge in [-0.3, -0.25) is 4.79 Å². The van der Waals surface area contributed by atoms with Gasteiger partial charge in [0.2, 0.25) is 0 Å². The molecule has 0 unspecified atom stereocenters. The lowest BCUT2D eigenvalue weighted by Crippen LogP contribution is -2.31. The number of carbonyl (C=O) groups is 1. The molecule has 1 N–H and O–H groups in total. The smallest absolute Gasteiger partial charge is 0.251 e. The lowest BCUT2D eigenvalue weighted by Gasteiger charge is -2.21. The maximum absolute atomic E-state index is 12.5. The minimum atomic E-state index is -0.0572. The number of nitrogens with one attached hydrogen (secondary N) is 1. The zero-order chi connectivity index (χ0) is 21.7. The second kappa shape index (κ2) is 9.79. The molecule has 1 aliphatic rings. The molecule has 7 heteroatoms. The molecule has 0 bridgehead atoms. The summed E-state index contributed by atoms with van der Waals surface area (Å²) < 4.78 is 5.57. The average molecular weight is 429 g/mol. The van der Waals surface area contributed by atoms with Crippen LogP contribution in [-0.4, -0.2) is 49.2 Å². The molecule has 2 heterocycles. The van der Waals surface area contributed by atoms with Gasteiger partial charge in [0.1, 0.15) is 5.82 Å². The summed E-state index contributed by atoms with van der Waals surface area (Å²) in [7, 11) is 3.98. The Morgan fingerprint density at radius 2 is 2.07 bits per heavy atom. The maximum Gasteiger partial charge on any atom is 0.251 e. The first-order valence-electron chi connectivity index (χ1n) is 10.4. The predicted octanol–water partition coefficient (Wildman–Crippen LogP) is 4.04. The van der Waals surface area contributed by atoms with Crippen LogP contribution in [0.5, 0.6) is 0 Å². The minimum absolute atomic E-state index is 0.0515. The number of nitrogens with zero attached hydrogens (tertiary/aromatic N) is 3. The number of ether oxygens (including phenoxy) is 1. The van der Waals surface area contributed by atoms with Crippen LogP contribution < -0.4 is 10.2 Å². The molecule has 6 nitrogen and oxygen atoms in total. The van der Waals surface area contributed by atoms with E-state index in [4.69, 9.17) is 9.72 Å². The van der Waals surface area contributed by atoms with Crippen LogP contribution in [-0.2, 0) is 15.9 Å². The Morgan fingerprint density at radius 3 is 2.73 bits per heavy atom. The lowest BCUT2D eigenvalue weighted by molar-refractivity contribution is 0.0857. The Hall–Kier alpha value is -2.12. The molecule has 1 aromatic heterocycles. The zero-order valence-corrected chi connectivity index (χ0v) is 19.4. The van der Waals surface area contributed by atoms with E-state index in [-0.39, 0.29) is 17.4 Å². The zero-order valence-electron chi connectivity index (χ0n) is 18.6. The Kier molecular flexibility index (Phi) is 7.36. The molecule has 0 radical (unpaired) electrons. The average Bonchev–Trinajstić information content (AvgIpc) is 3.23. The van der Waals surface area contributed by atoms with Crippen molar-refractivity contribution in [1.29, 1.82) is 0 Å². The van der Waals surface area contributed by atoms with E-state index < -0.39 is 0 Å². The highest BCUT2D eigenvalue weighted by Crippen LogP contribution is 2.28. The van der Waals surface area contributed by atoms with E-state index in [1.54, 1.807) is 11.8 Å². The van der Waals surface area contributed by atoms with E-state index in [0.29, 0.717) is 17.9 Å². The highest BCUT2D eigenvalue weighted by Gasteiger charge is 2.19. The van der Waals surface area contributed by atoms with Crippen LogP contribution in [0.4, 0.5) is 5.82 Å². The van der Waals surface area contributed by atoms with E-state index in [0.717, 1.165) is 41.7 Å². The van der Waals surface area contributed by atoms with Gasteiger partial charge in [-0.25, -0.2) is 9.97 Å². The molecule has 1 amide bonds. The van der Waals surface area contributed by atoms with E-state index >= 15 is 0 Å². The monoisotopic (exact) mass is 428 g/mol.